The number of ether oxygens (including phenoxy) is 2. The van der Waals surface area contributed by atoms with E-state index in [9.17, 15) is 4.79 Å². The minimum Gasteiger partial charge on any atom is -0.493 e. The number of anilines is 2. The Morgan fingerprint density at radius 3 is 2.55 bits per heavy atom. The molecule has 1 aromatic carbocycles. The van der Waals surface area contributed by atoms with Gasteiger partial charge in [-0.05, 0) is 30.9 Å². The number of nitrogens with zero attached hydrogens (tertiary/aromatic N) is 4. The van der Waals surface area contributed by atoms with E-state index in [1.807, 2.05) is 15.9 Å². The number of hydrogen-bond acceptors (Lipinski definition) is 7. The van der Waals surface area contributed by atoms with Crippen molar-refractivity contribution in [3.8, 4) is 11.5 Å². The topological polar surface area (TPSA) is 93.8 Å². The van der Waals surface area contributed by atoms with Crippen molar-refractivity contribution in [2.24, 2.45) is 5.92 Å². The van der Waals surface area contributed by atoms with Gasteiger partial charge >= 0.3 is 0 Å². The molecule has 4 rings (SSSR count). The summed E-state index contributed by atoms with van der Waals surface area (Å²) in [4.78, 5) is 25.2. The van der Waals surface area contributed by atoms with Crippen LogP contribution >= 0.6 is 11.6 Å². The predicted octanol–water partition coefficient (Wildman–Crippen LogP) is 2.50. The Morgan fingerprint density at radius 1 is 1.21 bits per heavy atom. The molecule has 0 unspecified atom stereocenters. The van der Waals surface area contributed by atoms with Crippen molar-refractivity contribution >= 4 is 40.2 Å². The third-order valence-electron chi connectivity index (χ3n) is 5.30. The zero-order chi connectivity index (χ0) is 20.5. The van der Waals surface area contributed by atoms with E-state index in [1.54, 1.807) is 12.1 Å². The normalized spacial score (nSPS) is 17.2. The van der Waals surface area contributed by atoms with Crippen LogP contribution in [0.1, 0.15) is 12.8 Å². The maximum absolute atomic E-state index is 12.3. The molecular weight excluding hydrogens is 394 g/mol. The molecule has 0 bridgehead atoms. The van der Waals surface area contributed by atoms with Gasteiger partial charge in [-0.1, -0.05) is 17.7 Å². The van der Waals surface area contributed by atoms with Gasteiger partial charge in [0.2, 0.25) is 11.9 Å². The Morgan fingerprint density at radius 2 is 1.93 bits per heavy atom. The number of fused-ring (bicyclic) bond motifs is 1. The molecule has 8 nitrogen and oxygen atoms in total. The smallest absolute Gasteiger partial charge is 0.246 e. The fraction of sp³-hybridized carbons (Fsp3) is 0.450. The van der Waals surface area contributed by atoms with Gasteiger partial charge in [-0.15, -0.1) is 0 Å². The van der Waals surface area contributed by atoms with Gasteiger partial charge in [0.05, 0.1) is 14.2 Å². The highest BCUT2D eigenvalue weighted by Crippen LogP contribution is 2.42. The Hall–Kier alpha value is -2.74. The molecule has 154 valence electrons. The standard InChI is InChI=1S/C20H24ClN5O3/c1-28-14-11-13-17(16(21)18(14)29-2)23-20(24-19(13)22)26-9-7-25(8-10-26)15(27)6-5-12-3-4-12/h5-6,11-12H,3-4,7-10H2,1-2H3,(H2,22,23,24). The summed E-state index contributed by atoms with van der Waals surface area (Å²) in [7, 11) is 3.06. The van der Waals surface area contributed by atoms with Crippen LogP contribution in [0.2, 0.25) is 5.02 Å². The first-order chi connectivity index (χ1) is 14.0. The van der Waals surface area contributed by atoms with Crippen LogP contribution in [0.25, 0.3) is 10.9 Å². The molecule has 1 aromatic heterocycles. The summed E-state index contributed by atoms with van der Waals surface area (Å²) in [6.07, 6.45) is 6.11. The molecule has 29 heavy (non-hydrogen) atoms. The SMILES string of the molecule is COc1cc2c(N)nc(N3CCN(C(=O)C=CC4CC4)CC3)nc2c(Cl)c1OC. The number of nitrogen functional groups attached to an aromatic ring is 1. The Kier molecular flexibility index (Phi) is 5.36. The molecule has 0 atom stereocenters. The van der Waals surface area contributed by atoms with Crippen molar-refractivity contribution in [2.45, 2.75) is 12.8 Å². The highest BCUT2D eigenvalue weighted by Gasteiger charge is 2.25. The molecule has 1 saturated carbocycles. The van der Waals surface area contributed by atoms with Gasteiger partial charge < -0.3 is 25.0 Å². The maximum Gasteiger partial charge on any atom is 0.246 e. The fourth-order valence-electron chi connectivity index (χ4n) is 3.42. The van der Waals surface area contributed by atoms with Crippen LogP contribution in [0.4, 0.5) is 11.8 Å². The highest BCUT2D eigenvalue weighted by molar-refractivity contribution is 6.37. The lowest BCUT2D eigenvalue weighted by molar-refractivity contribution is -0.126. The molecule has 0 spiro atoms. The van der Waals surface area contributed by atoms with E-state index in [-0.39, 0.29) is 5.91 Å². The fourth-order valence-corrected chi connectivity index (χ4v) is 3.73. The average molecular weight is 418 g/mol. The summed E-state index contributed by atoms with van der Waals surface area (Å²) in [6.45, 7) is 2.46. The van der Waals surface area contributed by atoms with Gasteiger partial charge in [-0.2, -0.15) is 4.98 Å². The number of piperazine rings is 1. The molecule has 2 fully saturated rings. The summed E-state index contributed by atoms with van der Waals surface area (Å²) in [5, 5.41) is 0.937. The van der Waals surface area contributed by atoms with Crippen LogP contribution < -0.4 is 20.1 Å². The molecule has 2 N–H and O–H groups in total. The van der Waals surface area contributed by atoms with E-state index in [4.69, 9.17) is 26.8 Å². The molecule has 2 heterocycles. The van der Waals surface area contributed by atoms with Crippen LogP contribution in [-0.4, -0.2) is 61.2 Å². The minimum absolute atomic E-state index is 0.0652. The van der Waals surface area contributed by atoms with Gasteiger partial charge in [0.25, 0.3) is 0 Å². The van der Waals surface area contributed by atoms with Crippen LogP contribution in [0, 0.1) is 5.92 Å². The van der Waals surface area contributed by atoms with Crippen molar-refractivity contribution < 1.29 is 14.3 Å². The predicted molar refractivity (Wildman–Crippen MR) is 113 cm³/mol. The second kappa shape index (κ2) is 7.94. The Labute approximate surface area is 174 Å². The summed E-state index contributed by atoms with van der Waals surface area (Å²) in [5.41, 5.74) is 6.70. The molecule has 1 aliphatic heterocycles. The number of rotatable bonds is 5. The number of nitrogens with two attached hydrogens (primary N) is 1. The molecule has 1 amide bonds. The van der Waals surface area contributed by atoms with Crippen molar-refractivity contribution in [1.29, 1.82) is 0 Å². The monoisotopic (exact) mass is 417 g/mol. The summed E-state index contributed by atoms with van der Waals surface area (Å²) < 4.78 is 10.7. The molecule has 9 heteroatoms. The number of carbonyl (C=O) groups excluding carboxylic acids is 1. The third-order valence-corrected chi connectivity index (χ3v) is 5.65. The second-order valence-electron chi connectivity index (χ2n) is 7.24. The van der Waals surface area contributed by atoms with Crippen molar-refractivity contribution in [3.05, 3.63) is 23.2 Å². The molecule has 1 aliphatic carbocycles. The number of amides is 1. The van der Waals surface area contributed by atoms with Crippen LogP contribution in [0.15, 0.2) is 18.2 Å². The third kappa shape index (κ3) is 3.89. The minimum atomic E-state index is 0.0652. The van der Waals surface area contributed by atoms with E-state index < -0.39 is 0 Å². The van der Waals surface area contributed by atoms with Gasteiger partial charge in [-0.25, -0.2) is 4.98 Å². The second-order valence-corrected chi connectivity index (χ2v) is 7.62. The first kappa shape index (κ1) is 19.6. The lowest BCUT2D eigenvalue weighted by Gasteiger charge is -2.34. The van der Waals surface area contributed by atoms with Crippen LogP contribution in [0.3, 0.4) is 0 Å². The number of hydrogen-bond donors (Lipinski definition) is 1. The molecule has 2 aromatic rings. The van der Waals surface area contributed by atoms with Gasteiger partial charge in [0.15, 0.2) is 11.5 Å². The van der Waals surface area contributed by atoms with Crippen LogP contribution in [0.5, 0.6) is 11.5 Å². The number of aromatic nitrogens is 2. The van der Waals surface area contributed by atoms with Crippen LogP contribution in [-0.2, 0) is 4.79 Å². The highest BCUT2D eigenvalue weighted by atomic mass is 35.5. The number of carbonyl (C=O) groups is 1. The molecular formula is C20H24ClN5O3. The Bertz CT molecular complexity index is 968. The molecule has 0 radical (unpaired) electrons. The lowest BCUT2D eigenvalue weighted by atomic mass is 10.2. The van der Waals surface area contributed by atoms with Gasteiger partial charge in [0.1, 0.15) is 16.4 Å². The van der Waals surface area contributed by atoms with E-state index in [2.05, 4.69) is 9.97 Å². The zero-order valence-corrected chi connectivity index (χ0v) is 17.3. The average Bonchev–Trinajstić information content (AvgIpc) is 3.57. The van der Waals surface area contributed by atoms with Crippen molar-refractivity contribution in [3.63, 3.8) is 0 Å². The zero-order valence-electron chi connectivity index (χ0n) is 16.5. The summed E-state index contributed by atoms with van der Waals surface area (Å²) >= 11 is 6.51. The summed E-state index contributed by atoms with van der Waals surface area (Å²) in [6, 6.07) is 1.72. The van der Waals surface area contributed by atoms with E-state index in [0.29, 0.717) is 71.3 Å². The van der Waals surface area contributed by atoms with Crippen molar-refractivity contribution in [2.75, 3.05) is 51.0 Å². The number of benzene rings is 1. The number of halogens is 1. The molecule has 2 aliphatic rings. The van der Waals surface area contributed by atoms with E-state index in [1.165, 1.54) is 27.1 Å². The number of allylic oxidation sites excluding steroid dienone is 1. The first-order valence-electron chi connectivity index (χ1n) is 9.61. The van der Waals surface area contributed by atoms with Gasteiger partial charge in [0, 0.05) is 31.6 Å². The quantitative estimate of drug-likeness (QED) is 0.747. The van der Waals surface area contributed by atoms with Gasteiger partial charge in [-0.3, -0.25) is 4.79 Å². The van der Waals surface area contributed by atoms with Crippen molar-refractivity contribution in [1.82, 2.24) is 14.9 Å². The van der Waals surface area contributed by atoms with E-state index >= 15 is 0 Å². The maximum atomic E-state index is 12.3. The summed E-state index contributed by atoms with van der Waals surface area (Å²) in [5.74, 6) is 2.34. The molecule has 1 saturated heterocycles. The first-order valence-corrected chi connectivity index (χ1v) is 9.99. The lowest BCUT2D eigenvalue weighted by Crippen LogP contribution is -2.48. The van der Waals surface area contributed by atoms with E-state index in [0.717, 1.165) is 0 Å². The number of methoxy groups -OCH3 is 2. The Balaban J connectivity index is 1.55. The largest absolute Gasteiger partial charge is 0.493 e.